The number of carbonyl (C=O) groups is 3. The molecule has 0 spiro atoms. The van der Waals surface area contributed by atoms with Gasteiger partial charge >= 0.3 is 0 Å². The molecule has 125 heavy (non-hydrogen) atoms. The second kappa shape index (κ2) is 44.4. The van der Waals surface area contributed by atoms with Crippen molar-refractivity contribution in [3.05, 3.63) is 207 Å². The molecule has 8 N–H and O–H groups in total. The molecule has 3 aromatic carbocycles. The Balaban J connectivity index is 0.000000172. The fourth-order valence-electron chi connectivity index (χ4n) is 12.5. The lowest BCUT2D eigenvalue weighted by Crippen LogP contribution is -2.13. The van der Waals surface area contributed by atoms with Crippen LogP contribution in [0, 0.1) is 12.8 Å². The molecule has 0 saturated carbocycles. The van der Waals surface area contributed by atoms with Gasteiger partial charge in [0.1, 0.15) is 39.6 Å². The summed E-state index contributed by atoms with van der Waals surface area (Å²) in [6.45, 7) is 48.4. The lowest BCUT2D eigenvalue weighted by molar-refractivity contribution is 0.0997. The number of pyridine rings is 3. The minimum absolute atomic E-state index is 0.0445. The normalized spacial score (nSPS) is 11.4. The highest BCUT2D eigenvalue weighted by atomic mass is 16.1. The summed E-state index contributed by atoms with van der Waals surface area (Å²) in [6, 6.07) is 28.9. The SMILES string of the molecule is CC(=O)c1cn(C(C)C)nn1.CC(=O)c1cnn(C(C)C)c1.CC(=O)c1ncn(C(C)C)n1.CC(C)C1=CCc2c(N)ccnc21.CC(C)n1cnc2c(N)cccc21.CC(C)n1cnc2c(N)cccc21.CC(C)n1cnc2c(N)ccnc21.CC(C)n1cnc2ccccc21.CC(C)n1cnc2cnc(N(C)C)nc21.Cc1ccnc2c1ncn2C(C)C. The van der Waals surface area contributed by atoms with Crippen molar-refractivity contribution in [3.63, 3.8) is 0 Å². The Morgan fingerprint density at radius 1 is 0.400 bits per heavy atom. The molecule has 0 fully saturated rings. The van der Waals surface area contributed by atoms with Crippen LogP contribution in [-0.4, -0.2) is 153 Å². The van der Waals surface area contributed by atoms with E-state index in [2.05, 4.69) is 215 Å². The van der Waals surface area contributed by atoms with E-state index >= 15 is 0 Å². The van der Waals surface area contributed by atoms with Gasteiger partial charge in [-0.05, 0) is 217 Å². The molecular formula is C92H126N30O3. The van der Waals surface area contributed by atoms with E-state index in [1.807, 2.05) is 174 Å². The molecule has 13 heterocycles. The van der Waals surface area contributed by atoms with Gasteiger partial charge in [-0.1, -0.05) is 49.4 Å². The maximum atomic E-state index is 10.8. The van der Waals surface area contributed by atoms with Gasteiger partial charge in [0.2, 0.25) is 11.8 Å². The zero-order chi connectivity index (χ0) is 92.0. The van der Waals surface area contributed by atoms with Crippen molar-refractivity contribution >= 4 is 118 Å². The third kappa shape index (κ3) is 25.2. The first-order valence-electron chi connectivity index (χ1n) is 42.1. The van der Waals surface area contributed by atoms with E-state index in [-0.39, 0.29) is 29.4 Å². The first-order valence-corrected chi connectivity index (χ1v) is 42.1. The fraction of sp³-hybridized carbons (Fsp3) is 0.402. The highest BCUT2D eigenvalue weighted by Gasteiger charge is 2.21. The third-order valence-electron chi connectivity index (χ3n) is 19.8. The number of fused-ring (bicyclic) bond motifs is 7. The monoisotopic (exact) mass is 1700 g/mol. The van der Waals surface area contributed by atoms with E-state index in [1.54, 1.807) is 76.9 Å². The van der Waals surface area contributed by atoms with Crippen LogP contribution in [0.5, 0.6) is 0 Å². The van der Waals surface area contributed by atoms with E-state index in [4.69, 9.17) is 22.9 Å². The number of benzene rings is 3. The van der Waals surface area contributed by atoms with Gasteiger partial charge < -0.3 is 55.2 Å². The van der Waals surface area contributed by atoms with Crippen molar-refractivity contribution in [2.24, 2.45) is 5.92 Å². The first kappa shape index (κ1) is 96.7. The molecule has 0 radical (unpaired) electrons. The number of allylic oxidation sites excluding steroid dienone is 2. The molecule has 0 bridgehead atoms. The number of Topliss-reactive ketones (excluding diaryl/α,β-unsaturated/α-hetero) is 3. The molecule has 0 unspecified atom stereocenters. The van der Waals surface area contributed by atoms with Gasteiger partial charge in [0.25, 0.3) is 0 Å². The second-order valence-corrected chi connectivity index (χ2v) is 33.1. The molecule has 0 amide bonds. The van der Waals surface area contributed by atoms with Gasteiger partial charge in [-0.15, -0.1) is 10.2 Å². The third-order valence-corrected chi connectivity index (χ3v) is 19.8. The number of aryl methyl sites for hydroxylation is 1. The van der Waals surface area contributed by atoms with E-state index in [1.165, 1.54) is 36.1 Å². The number of rotatable bonds is 14. The summed E-state index contributed by atoms with van der Waals surface area (Å²) in [7, 11) is 3.86. The average molecular weight is 1700 g/mol. The molecule has 0 saturated heterocycles. The quantitative estimate of drug-likeness (QED) is 0.0580. The van der Waals surface area contributed by atoms with Gasteiger partial charge in [-0.25, -0.2) is 59.2 Å². The zero-order valence-electron chi connectivity index (χ0n) is 77.3. The molecule has 13 aromatic heterocycles. The van der Waals surface area contributed by atoms with Gasteiger partial charge in [0, 0.05) is 118 Å². The Bertz CT molecular complexity index is 5730. The Morgan fingerprint density at radius 3 is 1.34 bits per heavy atom. The van der Waals surface area contributed by atoms with Crippen molar-refractivity contribution < 1.29 is 14.4 Å². The number of nitrogens with two attached hydrogens (primary N) is 4. The largest absolute Gasteiger partial charge is 0.398 e. The van der Waals surface area contributed by atoms with Crippen molar-refractivity contribution in [2.45, 2.75) is 227 Å². The van der Waals surface area contributed by atoms with Crippen LogP contribution in [0.1, 0.15) is 262 Å². The standard InChI is InChI=1S/C11H14N2.C10H15N5.3C10H13N3.C10H12N2.C9H12N4.C8H12N2O.2C7H11N3O/c1-7(2)8-3-4-9-10(12)5-6-13-11(8)9;1-7(2)15-6-12-8-5-11-10(14(3)4)13-9(8)15;1-7(2)13-6-12-9-8(3)4-5-11-10(9)13;2*1-7(2)13-6-12-10-8(11)4-3-5-9(10)13;1-8(2)12-7-11-9-5-3-4-6-10(9)12;1-6(2)13-5-12-8-7(10)3-4-11-9(8)13;1-6(2)10-5-8(4-9-10)7(3)11;1-5(2)10-4-8-7(9-10)6(3)11;1-5(2)10-4-7(6(3)11)8-9-10/h3,5-7H,4H2,1-2H3,(H2,12,13);5-7H,1-4H3;4-7H,1-3H3;2*3-7H,11H2,1-2H3;3-8H,1-2H3;3-6H,1-2H3,(H2,10,11);4-6H,1-3H3;2*4-5H,1-3H3. The lowest BCUT2D eigenvalue weighted by atomic mass is 10.0. The van der Waals surface area contributed by atoms with Crippen LogP contribution in [0.15, 0.2) is 173 Å². The summed E-state index contributed by atoms with van der Waals surface area (Å²) in [6.07, 6.45) is 27.9. The summed E-state index contributed by atoms with van der Waals surface area (Å²) >= 11 is 0. The van der Waals surface area contributed by atoms with E-state index in [0.29, 0.717) is 76.9 Å². The summed E-state index contributed by atoms with van der Waals surface area (Å²) in [5.41, 5.74) is 43.9. The van der Waals surface area contributed by atoms with Crippen LogP contribution >= 0.6 is 0 Å². The van der Waals surface area contributed by atoms with E-state index in [9.17, 15) is 14.4 Å². The molecule has 1 aliphatic carbocycles. The molecule has 33 nitrogen and oxygen atoms in total. The summed E-state index contributed by atoms with van der Waals surface area (Å²) < 4.78 is 17.6. The minimum Gasteiger partial charge on any atom is -0.398 e. The van der Waals surface area contributed by atoms with Crippen molar-refractivity contribution in [2.75, 3.05) is 41.9 Å². The van der Waals surface area contributed by atoms with Crippen LogP contribution in [0.2, 0.25) is 0 Å². The van der Waals surface area contributed by atoms with Gasteiger partial charge in [0.05, 0.1) is 107 Å². The molecule has 0 aliphatic heterocycles. The van der Waals surface area contributed by atoms with Gasteiger partial charge in [-0.2, -0.15) is 10.1 Å². The number of imidazole rings is 6. The van der Waals surface area contributed by atoms with Crippen LogP contribution in [-0.2, 0) is 6.42 Å². The maximum Gasteiger partial charge on any atom is 0.226 e. The number of carbonyl (C=O) groups excluding carboxylic acids is 3. The van der Waals surface area contributed by atoms with E-state index < -0.39 is 0 Å². The molecule has 16 aromatic rings. The number of aromatic nitrogens is 25. The Morgan fingerprint density at radius 2 is 0.864 bits per heavy atom. The number of nitrogen functional groups attached to an aromatic ring is 4. The van der Waals surface area contributed by atoms with Gasteiger partial charge in [-0.3, -0.25) is 24.0 Å². The summed E-state index contributed by atoms with van der Waals surface area (Å²) in [4.78, 5) is 85.4. The number of para-hydroxylation sites is 4. The van der Waals surface area contributed by atoms with Crippen LogP contribution in [0.4, 0.5) is 28.7 Å². The lowest BCUT2D eigenvalue weighted by Gasteiger charge is -2.11. The highest BCUT2D eigenvalue weighted by Crippen LogP contribution is 2.34. The van der Waals surface area contributed by atoms with Crippen LogP contribution in [0.3, 0.4) is 0 Å². The predicted octanol–water partition coefficient (Wildman–Crippen LogP) is 18.5. The molecular weight excluding hydrogens is 1570 g/mol. The Kier molecular flexibility index (Phi) is 34.3. The number of ketones is 3. The number of anilines is 5. The average Bonchev–Trinajstić information content (AvgIpc) is 1.63. The van der Waals surface area contributed by atoms with Crippen LogP contribution in [0.25, 0.3) is 72.2 Å². The number of nitrogens with zero attached hydrogens (tertiary/aromatic N) is 26. The van der Waals surface area contributed by atoms with Crippen molar-refractivity contribution in [3.8, 4) is 0 Å². The highest BCUT2D eigenvalue weighted by molar-refractivity contribution is 5.94. The molecule has 0 atom stereocenters. The van der Waals surface area contributed by atoms with Gasteiger partial charge in [0.15, 0.2) is 34.3 Å². The van der Waals surface area contributed by atoms with Crippen molar-refractivity contribution in [1.29, 1.82) is 0 Å². The topological polar surface area (TPSA) is 409 Å². The Labute approximate surface area is 731 Å². The smallest absolute Gasteiger partial charge is 0.226 e. The molecule has 33 heteroatoms. The first-order chi connectivity index (χ1) is 59.2. The zero-order valence-corrected chi connectivity index (χ0v) is 77.3. The summed E-state index contributed by atoms with van der Waals surface area (Å²) in [5.74, 6) is 1.47. The Hall–Kier alpha value is -13.8. The number of hydrogen-bond donors (Lipinski definition) is 4. The minimum atomic E-state index is -0.0931. The second-order valence-electron chi connectivity index (χ2n) is 33.1. The molecule has 1 aliphatic rings. The molecule has 662 valence electrons. The van der Waals surface area contributed by atoms with Crippen LogP contribution < -0.4 is 27.8 Å². The van der Waals surface area contributed by atoms with Crippen molar-refractivity contribution in [1.82, 2.24) is 122 Å². The fourth-order valence-corrected chi connectivity index (χ4v) is 12.5. The molecule has 17 rings (SSSR count). The maximum absolute atomic E-state index is 10.8. The van der Waals surface area contributed by atoms with E-state index in [0.717, 1.165) is 90.3 Å². The number of hydrogen-bond acceptors (Lipinski definition) is 24. The predicted molar refractivity (Wildman–Crippen MR) is 503 cm³/mol. The summed E-state index contributed by atoms with van der Waals surface area (Å²) in [5, 5.41) is 15.5.